The maximum Gasteiger partial charge on any atom is 0.262 e. The van der Waals surface area contributed by atoms with E-state index in [1.807, 2.05) is 68.4 Å². The van der Waals surface area contributed by atoms with E-state index in [9.17, 15) is 4.79 Å². The van der Waals surface area contributed by atoms with Crippen LogP contribution in [0.4, 0.5) is 11.4 Å². The van der Waals surface area contributed by atoms with Gasteiger partial charge in [0.1, 0.15) is 0 Å². The highest BCUT2D eigenvalue weighted by Crippen LogP contribution is 2.34. The number of carbonyl (C=O) groups excluding carboxylic acids is 1. The van der Waals surface area contributed by atoms with Gasteiger partial charge in [0.15, 0.2) is 18.1 Å². The van der Waals surface area contributed by atoms with E-state index in [0.717, 1.165) is 31.6 Å². The van der Waals surface area contributed by atoms with E-state index in [2.05, 4.69) is 32.9 Å². The van der Waals surface area contributed by atoms with E-state index in [4.69, 9.17) is 21.1 Å². The number of carbonyl (C=O) groups is 1. The van der Waals surface area contributed by atoms with E-state index in [-0.39, 0.29) is 12.5 Å². The summed E-state index contributed by atoms with van der Waals surface area (Å²) in [6.07, 6.45) is 1.75. The minimum absolute atomic E-state index is 0.130. The lowest BCUT2D eigenvalue weighted by Gasteiger charge is -2.13. The summed E-state index contributed by atoms with van der Waals surface area (Å²) in [6, 6.07) is 16.9. The van der Waals surface area contributed by atoms with Crippen LogP contribution in [0.2, 0.25) is 5.02 Å². The Morgan fingerprint density at radius 1 is 1.16 bits per heavy atom. The summed E-state index contributed by atoms with van der Waals surface area (Å²) in [5.74, 6) is 0.795. The molecular formula is C24H22ClIN2O3. The first-order valence-corrected chi connectivity index (χ1v) is 11.0. The smallest absolute Gasteiger partial charge is 0.262 e. The Morgan fingerprint density at radius 3 is 2.68 bits per heavy atom. The molecule has 0 unspecified atom stereocenters. The molecule has 0 saturated heterocycles. The van der Waals surface area contributed by atoms with Gasteiger partial charge in [0.2, 0.25) is 0 Å². The number of anilines is 1. The van der Waals surface area contributed by atoms with Crippen molar-refractivity contribution in [1.29, 1.82) is 0 Å². The van der Waals surface area contributed by atoms with Gasteiger partial charge in [0.05, 0.1) is 16.4 Å². The lowest BCUT2D eigenvalue weighted by molar-refractivity contribution is -0.118. The number of nitrogens with zero attached hydrogens (tertiary/aromatic N) is 1. The van der Waals surface area contributed by atoms with Crippen LogP contribution >= 0.6 is 34.2 Å². The average molecular weight is 549 g/mol. The Hall–Kier alpha value is -2.58. The van der Waals surface area contributed by atoms with Crippen molar-refractivity contribution in [2.75, 3.05) is 19.0 Å². The summed E-state index contributed by atoms with van der Waals surface area (Å²) in [4.78, 5) is 16.8. The Labute approximate surface area is 200 Å². The molecule has 7 heteroatoms. The van der Waals surface area contributed by atoms with Crippen LogP contribution in [0.25, 0.3) is 0 Å². The minimum Gasteiger partial charge on any atom is -0.493 e. The molecule has 0 aliphatic heterocycles. The highest BCUT2D eigenvalue weighted by atomic mass is 127. The second-order valence-corrected chi connectivity index (χ2v) is 8.45. The first-order chi connectivity index (χ1) is 14.9. The fraction of sp³-hybridized carbons (Fsp3) is 0.167. The van der Waals surface area contributed by atoms with Gasteiger partial charge in [-0.1, -0.05) is 29.8 Å². The van der Waals surface area contributed by atoms with Crippen molar-refractivity contribution in [3.05, 3.63) is 79.9 Å². The van der Waals surface area contributed by atoms with Gasteiger partial charge >= 0.3 is 0 Å². The summed E-state index contributed by atoms with van der Waals surface area (Å²) < 4.78 is 12.1. The molecule has 0 spiro atoms. The molecule has 0 saturated carbocycles. The Kier molecular flexibility index (Phi) is 7.92. The lowest BCUT2D eigenvalue weighted by Crippen LogP contribution is -2.20. The molecule has 3 rings (SSSR count). The monoisotopic (exact) mass is 548 g/mol. The van der Waals surface area contributed by atoms with Crippen LogP contribution in [-0.2, 0) is 4.79 Å². The van der Waals surface area contributed by atoms with Gasteiger partial charge in [0, 0.05) is 16.9 Å². The molecule has 31 heavy (non-hydrogen) atoms. The standard InChI is InChI=1S/C24H22ClIN2O3/c1-15-6-4-7-18(10-15)28-23(29)14-31-24-20(26)11-17(12-22(24)30-3)13-27-21-9-5-8-19(25)16(21)2/h4-13H,14H2,1-3H3,(H,28,29). The molecule has 0 bridgehead atoms. The molecule has 0 radical (unpaired) electrons. The Morgan fingerprint density at radius 2 is 1.94 bits per heavy atom. The highest BCUT2D eigenvalue weighted by Gasteiger charge is 2.13. The zero-order chi connectivity index (χ0) is 22.4. The van der Waals surface area contributed by atoms with E-state index < -0.39 is 0 Å². The summed E-state index contributed by atoms with van der Waals surface area (Å²) in [6.45, 7) is 3.77. The molecule has 0 aliphatic rings. The largest absolute Gasteiger partial charge is 0.493 e. The average Bonchev–Trinajstić information content (AvgIpc) is 2.73. The molecule has 0 atom stereocenters. The van der Waals surface area contributed by atoms with Crippen LogP contribution in [0.15, 0.2) is 59.6 Å². The van der Waals surface area contributed by atoms with E-state index >= 15 is 0 Å². The number of ether oxygens (including phenoxy) is 2. The first-order valence-electron chi connectivity index (χ1n) is 9.53. The highest BCUT2D eigenvalue weighted by molar-refractivity contribution is 14.1. The molecule has 0 aliphatic carbocycles. The molecule has 1 amide bonds. The number of aliphatic imine (C=N–C) groups is 1. The Balaban J connectivity index is 1.72. The molecule has 3 aromatic rings. The number of amides is 1. The van der Waals surface area contributed by atoms with Gasteiger partial charge in [-0.05, 0) is 89.5 Å². The van der Waals surface area contributed by atoms with Crippen molar-refractivity contribution >= 4 is 57.7 Å². The number of nitrogens with one attached hydrogen (secondary N) is 1. The minimum atomic E-state index is -0.245. The normalized spacial score (nSPS) is 10.9. The van der Waals surface area contributed by atoms with Crippen LogP contribution < -0.4 is 14.8 Å². The van der Waals surface area contributed by atoms with E-state index in [1.54, 1.807) is 13.3 Å². The van der Waals surface area contributed by atoms with Crippen LogP contribution in [-0.4, -0.2) is 25.8 Å². The van der Waals surface area contributed by atoms with Crippen molar-refractivity contribution in [2.24, 2.45) is 4.99 Å². The van der Waals surface area contributed by atoms with Crippen molar-refractivity contribution in [1.82, 2.24) is 0 Å². The van der Waals surface area contributed by atoms with Gasteiger partial charge in [-0.25, -0.2) is 0 Å². The number of benzene rings is 3. The third-order valence-corrected chi connectivity index (χ3v) is 5.70. The lowest BCUT2D eigenvalue weighted by atomic mass is 10.2. The Bertz CT molecular complexity index is 1130. The number of rotatable bonds is 7. The van der Waals surface area contributed by atoms with Gasteiger partial charge in [-0.15, -0.1) is 0 Å². The van der Waals surface area contributed by atoms with Crippen molar-refractivity contribution in [3.8, 4) is 11.5 Å². The number of methoxy groups -OCH3 is 1. The van der Waals surface area contributed by atoms with E-state index in [0.29, 0.717) is 16.5 Å². The predicted octanol–water partition coefficient (Wildman–Crippen LogP) is 6.34. The fourth-order valence-electron chi connectivity index (χ4n) is 2.89. The van der Waals surface area contributed by atoms with Crippen LogP contribution in [0.3, 0.4) is 0 Å². The second-order valence-electron chi connectivity index (χ2n) is 6.88. The van der Waals surface area contributed by atoms with Crippen molar-refractivity contribution in [2.45, 2.75) is 13.8 Å². The number of hydrogen-bond acceptors (Lipinski definition) is 4. The zero-order valence-electron chi connectivity index (χ0n) is 17.4. The molecule has 3 aromatic carbocycles. The van der Waals surface area contributed by atoms with Crippen LogP contribution in [0.5, 0.6) is 11.5 Å². The fourth-order valence-corrected chi connectivity index (χ4v) is 3.84. The van der Waals surface area contributed by atoms with Gasteiger partial charge in [0.25, 0.3) is 5.91 Å². The summed E-state index contributed by atoms with van der Waals surface area (Å²) in [7, 11) is 1.56. The number of aryl methyl sites for hydroxylation is 1. The molecule has 0 heterocycles. The predicted molar refractivity (Wildman–Crippen MR) is 134 cm³/mol. The van der Waals surface area contributed by atoms with E-state index in [1.165, 1.54) is 0 Å². The molecule has 0 aromatic heterocycles. The van der Waals surface area contributed by atoms with Gasteiger partial charge in [-0.2, -0.15) is 0 Å². The van der Waals surface area contributed by atoms with Gasteiger partial charge in [-0.3, -0.25) is 9.79 Å². The maximum absolute atomic E-state index is 12.3. The van der Waals surface area contributed by atoms with Crippen molar-refractivity contribution in [3.63, 3.8) is 0 Å². The topological polar surface area (TPSA) is 59.9 Å². The summed E-state index contributed by atoms with van der Waals surface area (Å²) in [5.41, 5.74) is 4.37. The summed E-state index contributed by atoms with van der Waals surface area (Å²) >= 11 is 8.32. The molecule has 0 fully saturated rings. The zero-order valence-corrected chi connectivity index (χ0v) is 20.3. The molecule has 5 nitrogen and oxygen atoms in total. The third-order valence-electron chi connectivity index (χ3n) is 4.49. The quantitative estimate of drug-likeness (QED) is 0.277. The summed E-state index contributed by atoms with van der Waals surface area (Å²) in [5, 5.41) is 3.51. The van der Waals surface area contributed by atoms with Gasteiger partial charge < -0.3 is 14.8 Å². The molecular weight excluding hydrogens is 527 g/mol. The third kappa shape index (κ3) is 6.21. The second kappa shape index (κ2) is 10.6. The number of halogens is 2. The number of hydrogen-bond donors (Lipinski definition) is 1. The first kappa shape index (κ1) is 23.1. The SMILES string of the molecule is COc1cc(C=Nc2cccc(Cl)c2C)cc(I)c1OCC(=O)Nc1cccc(C)c1. The molecule has 160 valence electrons. The van der Waals surface area contributed by atoms with Crippen LogP contribution in [0, 0.1) is 17.4 Å². The maximum atomic E-state index is 12.3. The van der Waals surface area contributed by atoms with Crippen LogP contribution in [0.1, 0.15) is 16.7 Å². The van der Waals surface area contributed by atoms with Crippen molar-refractivity contribution < 1.29 is 14.3 Å². The molecule has 1 N–H and O–H groups in total.